The molecule has 4 heteroatoms. The van der Waals surface area contributed by atoms with Crippen LogP contribution in [-0.4, -0.2) is 0 Å². The lowest BCUT2D eigenvalue weighted by atomic mass is 9.98. The highest BCUT2D eigenvalue weighted by atomic mass is 35.5. The van der Waals surface area contributed by atoms with E-state index in [2.05, 4.69) is 6.07 Å². The van der Waals surface area contributed by atoms with Crippen molar-refractivity contribution in [2.75, 3.05) is 0 Å². The Morgan fingerprint density at radius 3 is 2.56 bits per heavy atom. The first-order chi connectivity index (χ1) is 12.1. The number of halogens is 1. The lowest BCUT2D eigenvalue weighted by Gasteiger charge is -2.08. The van der Waals surface area contributed by atoms with Crippen molar-refractivity contribution in [2.24, 2.45) is 0 Å². The van der Waals surface area contributed by atoms with E-state index in [9.17, 15) is 4.79 Å². The summed E-state index contributed by atoms with van der Waals surface area (Å²) >= 11 is 6.01. The van der Waals surface area contributed by atoms with Crippen LogP contribution in [0.15, 0.2) is 50.2 Å². The van der Waals surface area contributed by atoms with Crippen LogP contribution in [0.5, 0.6) is 0 Å². The second-order valence-corrected chi connectivity index (χ2v) is 7.05. The molecular formula is C21H15ClO3. The Balaban J connectivity index is 1.88. The second kappa shape index (κ2) is 5.24. The Labute approximate surface area is 148 Å². The molecule has 0 amide bonds. The Kier molecular flexibility index (Phi) is 3.10. The summed E-state index contributed by atoms with van der Waals surface area (Å²) in [6, 6.07) is 9.84. The summed E-state index contributed by atoms with van der Waals surface area (Å²) in [6.07, 6.45) is 4.50. The van der Waals surface area contributed by atoms with Crippen LogP contribution in [0.2, 0.25) is 5.02 Å². The molecule has 0 saturated carbocycles. The SMILES string of the molecule is Cc1c2occ(-c3ccc(Cl)cc3)c2cc2c3c(c(=O)oc12)CCC3. The Morgan fingerprint density at radius 1 is 1.00 bits per heavy atom. The highest BCUT2D eigenvalue weighted by Gasteiger charge is 2.23. The highest BCUT2D eigenvalue weighted by Crippen LogP contribution is 2.38. The molecule has 0 bridgehead atoms. The van der Waals surface area contributed by atoms with Crippen LogP contribution in [-0.2, 0) is 12.8 Å². The number of fused-ring (bicyclic) bond motifs is 4. The maximum Gasteiger partial charge on any atom is 0.339 e. The molecule has 3 nitrogen and oxygen atoms in total. The smallest absolute Gasteiger partial charge is 0.339 e. The lowest BCUT2D eigenvalue weighted by molar-refractivity contribution is 0.548. The minimum Gasteiger partial charge on any atom is -0.463 e. The summed E-state index contributed by atoms with van der Waals surface area (Å²) in [4.78, 5) is 12.3. The largest absolute Gasteiger partial charge is 0.463 e. The molecule has 1 aliphatic rings. The van der Waals surface area contributed by atoms with Crippen LogP contribution in [0.1, 0.15) is 23.1 Å². The summed E-state index contributed by atoms with van der Waals surface area (Å²) in [5.74, 6) is 0. The van der Waals surface area contributed by atoms with Gasteiger partial charge in [-0.15, -0.1) is 0 Å². The van der Waals surface area contributed by atoms with Gasteiger partial charge in [-0.1, -0.05) is 23.7 Å². The zero-order valence-corrected chi connectivity index (χ0v) is 14.4. The van der Waals surface area contributed by atoms with Gasteiger partial charge in [0.25, 0.3) is 0 Å². The number of hydrogen-bond acceptors (Lipinski definition) is 3. The number of furan rings is 1. The zero-order valence-electron chi connectivity index (χ0n) is 13.7. The molecule has 2 aromatic carbocycles. The molecule has 0 atom stereocenters. The topological polar surface area (TPSA) is 43.4 Å². The average molecular weight is 351 g/mol. The molecule has 25 heavy (non-hydrogen) atoms. The third kappa shape index (κ3) is 2.09. The van der Waals surface area contributed by atoms with Crippen molar-refractivity contribution in [3.05, 3.63) is 68.7 Å². The van der Waals surface area contributed by atoms with E-state index in [0.717, 1.165) is 63.4 Å². The average Bonchev–Trinajstić information content (AvgIpc) is 3.25. The molecular weight excluding hydrogens is 336 g/mol. The Bertz CT molecular complexity index is 1200. The van der Waals surface area contributed by atoms with Crippen LogP contribution >= 0.6 is 11.6 Å². The molecule has 0 fully saturated rings. The number of rotatable bonds is 1. The number of aryl methyl sites for hydroxylation is 2. The Hall–Kier alpha value is -2.52. The van der Waals surface area contributed by atoms with Crippen molar-refractivity contribution in [3.63, 3.8) is 0 Å². The highest BCUT2D eigenvalue weighted by molar-refractivity contribution is 6.30. The van der Waals surface area contributed by atoms with Crippen LogP contribution < -0.4 is 5.63 Å². The standard InChI is InChI=1S/C21H15ClO3/c1-11-19-17(18(10-24-19)12-5-7-13(22)8-6-12)9-16-14-3-2-4-15(14)21(23)25-20(11)16/h5-10H,2-4H2,1H3. The number of hydrogen-bond donors (Lipinski definition) is 0. The van der Waals surface area contributed by atoms with E-state index >= 15 is 0 Å². The van der Waals surface area contributed by atoms with Crippen molar-refractivity contribution < 1.29 is 8.83 Å². The van der Waals surface area contributed by atoms with Crippen LogP contribution in [0.3, 0.4) is 0 Å². The fourth-order valence-corrected chi connectivity index (χ4v) is 4.07. The maximum absolute atomic E-state index is 12.3. The van der Waals surface area contributed by atoms with Gasteiger partial charge in [-0.25, -0.2) is 4.79 Å². The third-order valence-electron chi connectivity index (χ3n) is 5.18. The first kappa shape index (κ1) is 14.8. The summed E-state index contributed by atoms with van der Waals surface area (Å²) in [7, 11) is 0. The monoisotopic (exact) mass is 350 g/mol. The van der Waals surface area contributed by atoms with Gasteiger partial charge in [0, 0.05) is 32.5 Å². The van der Waals surface area contributed by atoms with Crippen molar-refractivity contribution in [1.82, 2.24) is 0 Å². The van der Waals surface area contributed by atoms with E-state index in [1.807, 2.05) is 31.2 Å². The van der Waals surface area contributed by atoms with Gasteiger partial charge >= 0.3 is 5.63 Å². The zero-order chi connectivity index (χ0) is 17.1. The summed E-state index contributed by atoms with van der Waals surface area (Å²) in [5, 5.41) is 2.78. The molecule has 0 aliphatic heterocycles. The summed E-state index contributed by atoms with van der Waals surface area (Å²) < 4.78 is 11.5. The summed E-state index contributed by atoms with van der Waals surface area (Å²) in [5.41, 5.74) is 6.13. The third-order valence-corrected chi connectivity index (χ3v) is 5.44. The maximum atomic E-state index is 12.3. The van der Waals surface area contributed by atoms with Crippen LogP contribution in [0.4, 0.5) is 0 Å². The second-order valence-electron chi connectivity index (χ2n) is 6.61. The van der Waals surface area contributed by atoms with Gasteiger partial charge in [0.1, 0.15) is 11.2 Å². The first-order valence-corrected chi connectivity index (χ1v) is 8.76. The van der Waals surface area contributed by atoms with Crippen molar-refractivity contribution >= 4 is 33.5 Å². The molecule has 2 aromatic heterocycles. The molecule has 5 rings (SSSR count). The van der Waals surface area contributed by atoms with Crippen molar-refractivity contribution in [2.45, 2.75) is 26.2 Å². The fourth-order valence-electron chi connectivity index (χ4n) is 3.95. The van der Waals surface area contributed by atoms with Gasteiger partial charge in [-0.05, 0) is 55.5 Å². The molecule has 0 radical (unpaired) electrons. The van der Waals surface area contributed by atoms with Gasteiger partial charge < -0.3 is 8.83 Å². The van der Waals surface area contributed by atoms with Gasteiger partial charge in [0.2, 0.25) is 0 Å². The summed E-state index contributed by atoms with van der Waals surface area (Å²) in [6.45, 7) is 1.95. The van der Waals surface area contributed by atoms with Gasteiger partial charge in [0.05, 0.1) is 6.26 Å². The molecule has 2 heterocycles. The molecule has 0 saturated heterocycles. The fraction of sp³-hybridized carbons (Fsp3) is 0.190. The molecule has 124 valence electrons. The molecule has 1 aliphatic carbocycles. The minimum absolute atomic E-state index is 0.202. The van der Waals surface area contributed by atoms with Gasteiger partial charge in [0.15, 0.2) is 0 Å². The lowest BCUT2D eigenvalue weighted by Crippen LogP contribution is -2.07. The van der Waals surface area contributed by atoms with Crippen LogP contribution in [0, 0.1) is 6.92 Å². The Morgan fingerprint density at radius 2 is 1.76 bits per heavy atom. The van der Waals surface area contributed by atoms with E-state index in [-0.39, 0.29) is 5.63 Å². The van der Waals surface area contributed by atoms with Crippen molar-refractivity contribution in [3.8, 4) is 11.1 Å². The van der Waals surface area contributed by atoms with E-state index in [1.165, 1.54) is 0 Å². The molecule has 0 N–H and O–H groups in total. The normalized spacial score (nSPS) is 13.7. The van der Waals surface area contributed by atoms with Crippen LogP contribution in [0.25, 0.3) is 33.1 Å². The van der Waals surface area contributed by atoms with E-state index < -0.39 is 0 Å². The van der Waals surface area contributed by atoms with Crippen molar-refractivity contribution in [1.29, 1.82) is 0 Å². The number of benzene rings is 2. The predicted molar refractivity (Wildman–Crippen MR) is 99.5 cm³/mol. The molecule has 0 spiro atoms. The molecule has 4 aromatic rings. The van der Waals surface area contributed by atoms with E-state index in [1.54, 1.807) is 6.26 Å². The first-order valence-electron chi connectivity index (χ1n) is 8.39. The predicted octanol–water partition coefficient (Wildman–Crippen LogP) is 5.66. The van der Waals surface area contributed by atoms with E-state index in [0.29, 0.717) is 10.6 Å². The van der Waals surface area contributed by atoms with Gasteiger partial charge in [-0.2, -0.15) is 0 Å². The molecule has 0 unspecified atom stereocenters. The quantitative estimate of drug-likeness (QED) is 0.416. The van der Waals surface area contributed by atoms with Gasteiger partial charge in [-0.3, -0.25) is 0 Å². The minimum atomic E-state index is -0.202. The van der Waals surface area contributed by atoms with E-state index in [4.69, 9.17) is 20.4 Å².